The lowest BCUT2D eigenvalue weighted by Gasteiger charge is -2.36. The summed E-state index contributed by atoms with van der Waals surface area (Å²) in [6.45, 7) is -0.455. The van der Waals surface area contributed by atoms with Gasteiger partial charge in [-0.05, 0) is 30.2 Å². The molecule has 0 aromatic heterocycles. The minimum absolute atomic E-state index is 0.0469. The van der Waals surface area contributed by atoms with Crippen LogP contribution in [0.2, 0.25) is 5.02 Å². The zero-order chi connectivity index (χ0) is 19.7. The van der Waals surface area contributed by atoms with Gasteiger partial charge in [0.2, 0.25) is 0 Å². The minimum Gasteiger partial charge on any atom is -0.378 e. The number of sulfone groups is 1. The molecule has 1 aliphatic rings. The zero-order valence-corrected chi connectivity index (χ0v) is 15.7. The second-order valence-corrected chi connectivity index (χ2v) is 8.78. The Morgan fingerprint density at radius 1 is 1.19 bits per heavy atom. The Morgan fingerprint density at radius 2 is 1.85 bits per heavy atom. The van der Waals surface area contributed by atoms with Crippen LogP contribution in [0.4, 0.5) is 0 Å². The summed E-state index contributed by atoms with van der Waals surface area (Å²) in [5, 5.41) is 18.5. The third-order valence-corrected chi connectivity index (χ3v) is 7.25. The summed E-state index contributed by atoms with van der Waals surface area (Å²) in [4.78, 5) is 11.8. The van der Waals surface area contributed by atoms with E-state index in [-0.39, 0.29) is 17.9 Å². The predicted molar refractivity (Wildman–Crippen MR) is 98.2 cm³/mol. The molecular weight excluding hydrogens is 394 g/mol. The third-order valence-electron chi connectivity index (χ3n) is 4.62. The van der Waals surface area contributed by atoms with Crippen molar-refractivity contribution in [3.63, 3.8) is 0 Å². The van der Waals surface area contributed by atoms with Gasteiger partial charge in [0.1, 0.15) is 5.25 Å². The lowest BCUT2D eigenvalue weighted by Crippen LogP contribution is -2.62. The van der Waals surface area contributed by atoms with Gasteiger partial charge in [0, 0.05) is 17.2 Å². The van der Waals surface area contributed by atoms with Crippen molar-refractivity contribution in [2.75, 3.05) is 13.2 Å². The smallest absolute Gasteiger partial charge is 0.279 e. The first-order valence-electron chi connectivity index (χ1n) is 8.14. The fourth-order valence-corrected chi connectivity index (χ4v) is 5.34. The van der Waals surface area contributed by atoms with Gasteiger partial charge < -0.3 is 9.84 Å². The van der Waals surface area contributed by atoms with E-state index in [1.165, 1.54) is 17.6 Å². The van der Waals surface area contributed by atoms with Crippen LogP contribution in [0.3, 0.4) is 0 Å². The number of ether oxygens (including phenoxy) is 1. The lowest BCUT2D eigenvalue weighted by atomic mass is 9.95. The van der Waals surface area contributed by atoms with Crippen LogP contribution in [0.25, 0.3) is 11.1 Å². The molecule has 0 aliphatic carbocycles. The zero-order valence-electron chi connectivity index (χ0n) is 14.1. The molecule has 144 valence electrons. The summed E-state index contributed by atoms with van der Waals surface area (Å²) >= 11 is 6.17. The number of halogens is 1. The van der Waals surface area contributed by atoms with Crippen molar-refractivity contribution in [1.82, 2.24) is 5.48 Å². The molecule has 2 aromatic carbocycles. The molecule has 0 bridgehead atoms. The average molecular weight is 412 g/mol. The van der Waals surface area contributed by atoms with E-state index < -0.39 is 33.2 Å². The van der Waals surface area contributed by atoms with Crippen molar-refractivity contribution >= 4 is 27.3 Å². The van der Waals surface area contributed by atoms with Crippen molar-refractivity contribution in [1.29, 1.82) is 0 Å². The second-order valence-electron chi connectivity index (χ2n) is 6.24. The van der Waals surface area contributed by atoms with Crippen molar-refractivity contribution in [2.24, 2.45) is 0 Å². The standard InChI is InChI=1S/C18H18ClNO6S/c19-15-4-2-1-3-14(15)12-5-7-13(8-6-12)27(24,25)16-9-10-26-11-18(16,22)17(21)20-23/h1-8,16,22-23H,9-11H2,(H,20,21). The van der Waals surface area contributed by atoms with E-state index in [0.717, 1.165) is 11.1 Å². The second kappa shape index (κ2) is 7.57. The molecule has 1 aliphatic heterocycles. The Bertz CT molecular complexity index is 947. The van der Waals surface area contributed by atoms with Gasteiger partial charge in [-0.2, -0.15) is 0 Å². The normalized spacial score (nSPS) is 23.0. The number of carbonyl (C=O) groups is 1. The number of nitrogens with one attached hydrogen (secondary N) is 1. The topological polar surface area (TPSA) is 113 Å². The highest BCUT2D eigenvalue weighted by Gasteiger charge is 2.53. The van der Waals surface area contributed by atoms with Crippen LogP contribution in [0, 0.1) is 0 Å². The Hall–Kier alpha value is -1.97. The molecule has 0 saturated carbocycles. The molecule has 1 amide bonds. The summed E-state index contributed by atoms with van der Waals surface area (Å²) < 4.78 is 31.1. The number of aliphatic hydroxyl groups is 1. The first-order valence-corrected chi connectivity index (χ1v) is 10.1. The van der Waals surface area contributed by atoms with Gasteiger partial charge in [-0.15, -0.1) is 0 Å². The van der Waals surface area contributed by atoms with Crippen molar-refractivity contribution < 1.29 is 28.3 Å². The van der Waals surface area contributed by atoms with Crippen LogP contribution in [-0.4, -0.2) is 48.7 Å². The number of benzene rings is 2. The van der Waals surface area contributed by atoms with Crippen LogP contribution < -0.4 is 5.48 Å². The fourth-order valence-electron chi connectivity index (χ4n) is 3.15. The molecule has 27 heavy (non-hydrogen) atoms. The molecule has 0 spiro atoms. The van der Waals surface area contributed by atoms with Crippen molar-refractivity contribution in [3.8, 4) is 11.1 Å². The average Bonchev–Trinajstić information content (AvgIpc) is 2.68. The molecule has 3 rings (SSSR count). The maximum Gasteiger partial charge on any atom is 0.279 e. The van der Waals surface area contributed by atoms with Crippen LogP contribution >= 0.6 is 11.6 Å². The van der Waals surface area contributed by atoms with Gasteiger partial charge in [0.15, 0.2) is 15.4 Å². The quantitative estimate of drug-likeness (QED) is 0.522. The third kappa shape index (κ3) is 3.59. The van der Waals surface area contributed by atoms with Crippen molar-refractivity contribution in [2.45, 2.75) is 22.2 Å². The number of rotatable bonds is 4. The molecule has 0 radical (unpaired) electrons. The molecule has 1 fully saturated rings. The monoisotopic (exact) mass is 411 g/mol. The van der Waals surface area contributed by atoms with Gasteiger partial charge in [0.05, 0.1) is 11.5 Å². The lowest BCUT2D eigenvalue weighted by molar-refractivity contribution is -0.161. The Morgan fingerprint density at radius 3 is 2.48 bits per heavy atom. The van der Waals surface area contributed by atoms with E-state index in [0.29, 0.717) is 5.02 Å². The molecule has 2 unspecified atom stereocenters. The van der Waals surface area contributed by atoms with Gasteiger partial charge >= 0.3 is 0 Å². The molecule has 7 nitrogen and oxygen atoms in total. The van der Waals surface area contributed by atoms with E-state index in [1.54, 1.807) is 24.3 Å². The first-order chi connectivity index (χ1) is 12.8. The number of amides is 1. The van der Waals surface area contributed by atoms with E-state index in [2.05, 4.69) is 0 Å². The molecule has 1 heterocycles. The Labute approximate surface area is 161 Å². The van der Waals surface area contributed by atoms with E-state index in [9.17, 15) is 18.3 Å². The SMILES string of the molecule is O=C(NO)C1(O)COCCC1S(=O)(=O)c1ccc(-c2ccccc2Cl)cc1. The van der Waals surface area contributed by atoms with E-state index >= 15 is 0 Å². The molecule has 2 aromatic rings. The highest BCUT2D eigenvalue weighted by molar-refractivity contribution is 7.92. The highest BCUT2D eigenvalue weighted by Crippen LogP contribution is 2.33. The highest BCUT2D eigenvalue weighted by atomic mass is 35.5. The number of hydrogen-bond donors (Lipinski definition) is 3. The number of carbonyl (C=O) groups excluding carboxylic acids is 1. The minimum atomic E-state index is -4.07. The molecule has 2 atom stereocenters. The molecule has 9 heteroatoms. The van der Waals surface area contributed by atoms with Crippen LogP contribution in [0.15, 0.2) is 53.4 Å². The fraction of sp³-hybridized carbons (Fsp3) is 0.278. The predicted octanol–water partition coefficient (Wildman–Crippen LogP) is 1.81. The van der Waals surface area contributed by atoms with Gasteiger partial charge in [0.25, 0.3) is 5.91 Å². The van der Waals surface area contributed by atoms with Crippen molar-refractivity contribution in [3.05, 3.63) is 53.6 Å². The summed E-state index contributed by atoms with van der Waals surface area (Å²) in [6.07, 6.45) is -0.0848. The van der Waals surface area contributed by atoms with E-state index in [4.69, 9.17) is 21.5 Å². The summed E-state index contributed by atoms with van der Waals surface area (Å²) in [5.41, 5.74) is 0.422. The maximum absolute atomic E-state index is 13.0. The van der Waals surface area contributed by atoms with E-state index in [1.807, 2.05) is 12.1 Å². The number of hydrogen-bond acceptors (Lipinski definition) is 6. The van der Waals surface area contributed by atoms with Crippen LogP contribution in [0.5, 0.6) is 0 Å². The van der Waals surface area contributed by atoms with Gasteiger partial charge in [-0.1, -0.05) is 41.9 Å². The van der Waals surface area contributed by atoms with Crippen LogP contribution in [0.1, 0.15) is 6.42 Å². The Balaban J connectivity index is 1.97. The number of hydroxylamine groups is 1. The maximum atomic E-state index is 13.0. The summed E-state index contributed by atoms with van der Waals surface area (Å²) in [6, 6.07) is 13.2. The molecule has 1 saturated heterocycles. The first kappa shape index (κ1) is 19.8. The summed E-state index contributed by atoms with van der Waals surface area (Å²) in [7, 11) is -4.07. The largest absolute Gasteiger partial charge is 0.378 e. The van der Waals surface area contributed by atoms with Gasteiger partial charge in [-0.3, -0.25) is 10.0 Å². The summed E-state index contributed by atoms with van der Waals surface area (Å²) in [5.74, 6) is -1.22. The Kier molecular flexibility index (Phi) is 5.55. The molecular formula is C18H18ClNO6S. The van der Waals surface area contributed by atoms with Crippen LogP contribution in [-0.2, 0) is 19.4 Å². The molecule has 3 N–H and O–H groups in total. The van der Waals surface area contributed by atoms with Gasteiger partial charge in [-0.25, -0.2) is 13.9 Å².